The number of hydrogen-bond donors (Lipinski definition) is 1. The van der Waals surface area contributed by atoms with Crippen molar-refractivity contribution in [3.05, 3.63) is 63.9 Å². The lowest BCUT2D eigenvalue weighted by Crippen LogP contribution is -2.08. The maximum atomic E-state index is 13.4. The number of aryl methyl sites for hydroxylation is 1. The van der Waals surface area contributed by atoms with E-state index in [1.807, 2.05) is 6.07 Å². The Kier molecular flexibility index (Phi) is 3.93. The average molecular weight is 290 g/mol. The fourth-order valence-corrected chi connectivity index (χ4v) is 2.91. The number of rotatable bonds is 3. The molecule has 1 aliphatic rings. The van der Waals surface area contributed by atoms with Crippen LogP contribution in [-0.2, 0) is 19.4 Å². The molecular formula is C17H17ClFN. The van der Waals surface area contributed by atoms with Crippen molar-refractivity contribution in [2.75, 3.05) is 5.32 Å². The normalized spacial score (nSPS) is 13.9. The number of benzene rings is 2. The summed E-state index contributed by atoms with van der Waals surface area (Å²) in [5.74, 6) is -0.360. The van der Waals surface area contributed by atoms with E-state index in [2.05, 4.69) is 23.5 Å². The molecule has 0 radical (unpaired) electrons. The molecule has 1 aliphatic carbocycles. The molecule has 104 valence electrons. The molecule has 0 fully saturated rings. The first-order valence-electron chi connectivity index (χ1n) is 7.02. The van der Waals surface area contributed by atoms with E-state index < -0.39 is 0 Å². The van der Waals surface area contributed by atoms with Gasteiger partial charge in [0.15, 0.2) is 0 Å². The Balaban J connectivity index is 1.76. The highest BCUT2D eigenvalue weighted by Crippen LogP contribution is 2.28. The SMILES string of the molecule is Fc1cc(CNc2cccc3c2CCCC3)ccc1Cl. The lowest BCUT2D eigenvalue weighted by Gasteiger charge is -2.20. The van der Waals surface area contributed by atoms with E-state index in [-0.39, 0.29) is 10.8 Å². The summed E-state index contributed by atoms with van der Waals surface area (Å²) in [7, 11) is 0. The number of nitrogens with one attached hydrogen (secondary N) is 1. The van der Waals surface area contributed by atoms with Gasteiger partial charge in [0.25, 0.3) is 0 Å². The first-order chi connectivity index (χ1) is 9.74. The van der Waals surface area contributed by atoms with Crippen LogP contribution in [0.4, 0.5) is 10.1 Å². The van der Waals surface area contributed by atoms with Gasteiger partial charge < -0.3 is 5.32 Å². The topological polar surface area (TPSA) is 12.0 Å². The third kappa shape index (κ3) is 2.80. The van der Waals surface area contributed by atoms with Crippen LogP contribution in [0.2, 0.25) is 5.02 Å². The van der Waals surface area contributed by atoms with Crippen LogP contribution >= 0.6 is 11.6 Å². The second kappa shape index (κ2) is 5.84. The fraction of sp³-hybridized carbons (Fsp3) is 0.294. The third-order valence-electron chi connectivity index (χ3n) is 3.86. The summed E-state index contributed by atoms with van der Waals surface area (Å²) in [6.45, 7) is 0.616. The van der Waals surface area contributed by atoms with Gasteiger partial charge in [0.2, 0.25) is 0 Å². The molecule has 0 aromatic heterocycles. The Morgan fingerprint density at radius 3 is 2.80 bits per heavy atom. The first kappa shape index (κ1) is 13.4. The highest BCUT2D eigenvalue weighted by atomic mass is 35.5. The van der Waals surface area contributed by atoms with Crippen LogP contribution < -0.4 is 5.32 Å². The molecule has 1 nitrogen and oxygen atoms in total. The Hall–Kier alpha value is -1.54. The highest BCUT2D eigenvalue weighted by molar-refractivity contribution is 6.30. The van der Waals surface area contributed by atoms with Crippen LogP contribution in [0.25, 0.3) is 0 Å². The van der Waals surface area contributed by atoms with Gasteiger partial charge in [-0.15, -0.1) is 0 Å². The van der Waals surface area contributed by atoms with Crippen LogP contribution in [0.3, 0.4) is 0 Å². The van der Waals surface area contributed by atoms with Crippen molar-refractivity contribution in [3.8, 4) is 0 Å². The Morgan fingerprint density at radius 1 is 1.10 bits per heavy atom. The van der Waals surface area contributed by atoms with Crippen LogP contribution in [0, 0.1) is 5.82 Å². The zero-order valence-corrected chi connectivity index (χ0v) is 12.0. The van der Waals surface area contributed by atoms with Crippen molar-refractivity contribution < 1.29 is 4.39 Å². The van der Waals surface area contributed by atoms with Gasteiger partial charge in [0.05, 0.1) is 5.02 Å². The molecule has 0 atom stereocenters. The largest absolute Gasteiger partial charge is 0.381 e. The minimum absolute atomic E-state index is 0.172. The molecule has 3 rings (SSSR count). The fourth-order valence-electron chi connectivity index (χ4n) is 2.79. The van der Waals surface area contributed by atoms with Crippen LogP contribution in [0.5, 0.6) is 0 Å². The molecule has 0 amide bonds. The van der Waals surface area contributed by atoms with E-state index in [4.69, 9.17) is 11.6 Å². The van der Waals surface area contributed by atoms with Gasteiger partial charge in [0.1, 0.15) is 5.82 Å². The van der Waals surface area contributed by atoms with Crippen LogP contribution in [0.15, 0.2) is 36.4 Å². The van der Waals surface area contributed by atoms with E-state index >= 15 is 0 Å². The molecule has 3 heteroatoms. The minimum Gasteiger partial charge on any atom is -0.381 e. The van der Waals surface area contributed by atoms with Crippen molar-refractivity contribution >= 4 is 17.3 Å². The second-order valence-electron chi connectivity index (χ2n) is 5.25. The zero-order valence-electron chi connectivity index (χ0n) is 11.3. The number of fused-ring (bicyclic) bond motifs is 1. The third-order valence-corrected chi connectivity index (χ3v) is 4.17. The van der Waals surface area contributed by atoms with Gasteiger partial charge in [-0.1, -0.05) is 29.8 Å². The van der Waals surface area contributed by atoms with Gasteiger partial charge in [-0.05, 0) is 60.6 Å². The van der Waals surface area contributed by atoms with Crippen molar-refractivity contribution in [2.45, 2.75) is 32.2 Å². The lowest BCUT2D eigenvalue weighted by atomic mass is 9.90. The predicted molar refractivity (Wildman–Crippen MR) is 81.8 cm³/mol. The maximum absolute atomic E-state index is 13.4. The number of halogens is 2. The molecule has 1 N–H and O–H groups in total. The van der Waals surface area contributed by atoms with Gasteiger partial charge in [-0.25, -0.2) is 4.39 Å². The van der Waals surface area contributed by atoms with Gasteiger partial charge >= 0.3 is 0 Å². The molecule has 0 aliphatic heterocycles. The van der Waals surface area contributed by atoms with Crippen molar-refractivity contribution in [3.63, 3.8) is 0 Å². The van der Waals surface area contributed by atoms with Crippen molar-refractivity contribution in [1.29, 1.82) is 0 Å². The first-order valence-corrected chi connectivity index (χ1v) is 7.40. The molecule has 0 saturated carbocycles. The monoisotopic (exact) mass is 289 g/mol. The van der Waals surface area contributed by atoms with E-state index in [9.17, 15) is 4.39 Å². The smallest absolute Gasteiger partial charge is 0.142 e. The Bertz CT molecular complexity index is 624. The summed E-state index contributed by atoms with van der Waals surface area (Å²) < 4.78 is 13.4. The van der Waals surface area contributed by atoms with Crippen molar-refractivity contribution in [1.82, 2.24) is 0 Å². The molecule has 0 bridgehead atoms. The summed E-state index contributed by atoms with van der Waals surface area (Å²) in [6.07, 6.45) is 4.83. The Morgan fingerprint density at radius 2 is 1.95 bits per heavy atom. The quantitative estimate of drug-likeness (QED) is 0.841. The maximum Gasteiger partial charge on any atom is 0.142 e. The molecule has 0 heterocycles. The minimum atomic E-state index is -0.360. The predicted octanol–water partition coefficient (Wildman–Crippen LogP) is 4.97. The van der Waals surface area contributed by atoms with Crippen LogP contribution in [-0.4, -0.2) is 0 Å². The van der Waals surface area contributed by atoms with Gasteiger partial charge in [0, 0.05) is 12.2 Å². The second-order valence-corrected chi connectivity index (χ2v) is 5.66. The van der Waals surface area contributed by atoms with Gasteiger partial charge in [-0.2, -0.15) is 0 Å². The summed E-state index contributed by atoms with van der Waals surface area (Å²) in [6, 6.07) is 11.4. The Labute approximate surface area is 123 Å². The van der Waals surface area contributed by atoms with E-state index in [1.165, 1.54) is 42.1 Å². The molecule has 2 aromatic rings. The molecule has 0 saturated heterocycles. The number of anilines is 1. The summed E-state index contributed by atoms with van der Waals surface area (Å²) in [5.41, 5.74) is 4.95. The van der Waals surface area contributed by atoms with E-state index in [0.717, 1.165) is 12.0 Å². The molecule has 0 spiro atoms. The molecule has 2 aromatic carbocycles. The summed E-state index contributed by atoms with van der Waals surface area (Å²) in [5, 5.41) is 3.60. The van der Waals surface area contributed by atoms with Gasteiger partial charge in [-0.3, -0.25) is 0 Å². The van der Waals surface area contributed by atoms with Crippen LogP contribution in [0.1, 0.15) is 29.5 Å². The zero-order chi connectivity index (χ0) is 13.9. The summed E-state index contributed by atoms with van der Waals surface area (Å²) >= 11 is 5.70. The average Bonchev–Trinajstić information content (AvgIpc) is 2.48. The summed E-state index contributed by atoms with van der Waals surface area (Å²) in [4.78, 5) is 0. The van der Waals surface area contributed by atoms with E-state index in [0.29, 0.717) is 6.54 Å². The molecule has 0 unspecified atom stereocenters. The molecule has 20 heavy (non-hydrogen) atoms. The number of hydrogen-bond acceptors (Lipinski definition) is 1. The molecular weight excluding hydrogens is 273 g/mol. The van der Waals surface area contributed by atoms with Crippen molar-refractivity contribution in [2.24, 2.45) is 0 Å². The van der Waals surface area contributed by atoms with E-state index in [1.54, 1.807) is 6.07 Å². The highest BCUT2D eigenvalue weighted by Gasteiger charge is 2.12. The lowest BCUT2D eigenvalue weighted by molar-refractivity contribution is 0.626. The standard InChI is InChI=1S/C17H17ClFN/c18-15-9-8-12(10-16(15)19)11-20-17-7-3-5-13-4-1-2-6-14(13)17/h3,5,7-10,20H,1-2,4,6,11H2.